The van der Waals surface area contributed by atoms with Crippen LogP contribution in [0.5, 0.6) is 0 Å². The van der Waals surface area contributed by atoms with Crippen LogP contribution in [0.15, 0.2) is 4.99 Å². The summed E-state index contributed by atoms with van der Waals surface area (Å²) in [7, 11) is 1.71. The molecule has 3 N–H and O–H groups in total. The molecule has 0 unspecified atom stereocenters. The van der Waals surface area contributed by atoms with Gasteiger partial charge in [0.1, 0.15) is 0 Å². The fourth-order valence-electron chi connectivity index (χ4n) is 1.60. The Balaban J connectivity index is 3.47. The Bertz CT molecular complexity index is 322. The number of unbranched alkanes of at least 4 members (excludes halogenated alkanes) is 1. The summed E-state index contributed by atoms with van der Waals surface area (Å²) in [5.41, 5.74) is 0. The smallest absolute Gasteiger partial charge is 0.222 e. The second-order valence-electron chi connectivity index (χ2n) is 5.45. The predicted molar refractivity (Wildman–Crippen MR) is 93.8 cm³/mol. The van der Waals surface area contributed by atoms with Crippen LogP contribution in [0.2, 0.25) is 0 Å². The van der Waals surface area contributed by atoms with Gasteiger partial charge in [0.2, 0.25) is 5.91 Å². The zero-order valence-corrected chi connectivity index (χ0v) is 15.1. The van der Waals surface area contributed by atoms with E-state index < -0.39 is 0 Å². The molecular weight excluding hydrogens is 296 g/mol. The molecule has 7 nitrogen and oxygen atoms in total. The molecule has 0 aliphatic heterocycles. The lowest BCUT2D eigenvalue weighted by atomic mass is 10.2. The van der Waals surface area contributed by atoms with Gasteiger partial charge in [0.25, 0.3) is 0 Å². The lowest BCUT2D eigenvalue weighted by Gasteiger charge is -2.13. The minimum atomic E-state index is 0.00976. The van der Waals surface area contributed by atoms with Gasteiger partial charge >= 0.3 is 0 Å². The Hall–Kier alpha value is -1.34. The Kier molecular flexibility index (Phi) is 14.6. The van der Waals surface area contributed by atoms with Crippen LogP contribution >= 0.6 is 0 Å². The first-order chi connectivity index (χ1) is 11.1. The fraction of sp³-hybridized carbons (Fsp3) is 0.875. The van der Waals surface area contributed by atoms with E-state index in [1.165, 1.54) is 0 Å². The molecule has 1 amide bonds. The van der Waals surface area contributed by atoms with Crippen LogP contribution in [0.4, 0.5) is 0 Å². The van der Waals surface area contributed by atoms with Crippen molar-refractivity contribution in [3.05, 3.63) is 0 Å². The average molecular weight is 330 g/mol. The SMILES string of the molecule is CCCCOCCOCCNC(=NC)NCCNC(=O)C(C)C. The van der Waals surface area contributed by atoms with Crippen molar-refractivity contribution in [1.29, 1.82) is 0 Å². The largest absolute Gasteiger partial charge is 0.379 e. The quantitative estimate of drug-likeness (QED) is 0.264. The summed E-state index contributed by atoms with van der Waals surface area (Å²) in [5.74, 6) is 0.770. The average Bonchev–Trinajstić information content (AvgIpc) is 2.54. The Labute approximate surface area is 140 Å². The first-order valence-electron chi connectivity index (χ1n) is 8.49. The molecule has 0 aromatic rings. The van der Waals surface area contributed by atoms with E-state index in [0.717, 1.165) is 19.4 Å². The first kappa shape index (κ1) is 21.7. The normalized spacial score (nSPS) is 11.6. The Morgan fingerprint density at radius 2 is 1.57 bits per heavy atom. The highest BCUT2D eigenvalue weighted by Crippen LogP contribution is 1.89. The van der Waals surface area contributed by atoms with E-state index >= 15 is 0 Å². The number of hydrogen-bond acceptors (Lipinski definition) is 4. The summed E-state index contributed by atoms with van der Waals surface area (Å²) in [6.45, 7) is 10.4. The van der Waals surface area contributed by atoms with Gasteiger partial charge in [-0.1, -0.05) is 27.2 Å². The maximum absolute atomic E-state index is 11.4. The summed E-state index contributed by atoms with van der Waals surface area (Å²) in [6.07, 6.45) is 2.25. The van der Waals surface area contributed by atoms with Crippen LogP contribution < -0.4 is 16.0 Å². The van der Waals surface area contributed by atoms with Crippen LogP contribution in [0.1, 0.15) is 33.6 Å². The number of nitrogens with zero attached hydrogens (tertiary/aromatic N) is 1. The van der Waals surface area contributed by atoms with Crippen molar-refractivity contribution in [1.82, 2.24) is 16.0 Å². The molecule has 0 aliphatic carbocycles. The van der Waals surface area contributed by atoms with Gasteiger partial charge in [-0.25, -0.2) is 0 Å². The first-order valence-corrected chi connectivity index (χ1v) is 8.49. The van der Waals surface area contributed by atoms with Gasteiger partial charge in [0.05, 0.1) is 19.8 Å². The number of carbonyl (C=O) groups excluding carboxylic acids is 1. The van der Waals surface area contributed by atoms with Crippen LogP contribution in [0.25, 0.3) is 0 Å². The molecule has 7 heteroatoms. The van der Waals surface area contributed by atoms with Gasteiger partial charge in [-0.2, -0.15) is 0 Å². The summed E-state index contributed by atoms with van der Waals surface area (Å²) >= 11 is 0. The van der Waals surface area contributed by atoms with Gasteiger partial charge in [-0.15, -0.1) is 0 Å². The van der Waals surface area contributed by atoms with E-state index in [1.807, 2.05) is 13.8 Å². The standard InChI is InChI=1S/C16H34N4O3/c1-5-6-10-22-12-13-23-11-9-20-16(17-4)19-8-7-18-15(21)14(2)3/h14H,5-13H2,1-4H3,(H,18,21)(H2,17,19,20). The van der Waals surface area contributed by atoms with Crippen molar-refractivity contribution in [2.45, 2.75) is 33.6 Å². The highest BCUT2D eigenvalue weighted by Gasteiger charge is 2.05. The lowest BCUT2D eigenvalue weighted by Crippen LogP contribution is -2.43. The molecule has 0 aliphatic rings. The third-order valence-electron chi connectivity index (χ3n) is 3.02. The number of rotatable bonds is 13. The number of amides is 1. The molecule has 0 atom stereocenters. The van der Waals surface area contributed by atoms with Crippen LogP contribution in [-0.4, -0.2) is 65.0 Å². The molecule has 0 saturated heterocycles. The molecule has 23 heavy (non-hydrogen) atoms. The van der Waals surface area contributed by atoms with Gasteiger partial charge < -0.3 is 25.4 Å². The maximum Gasteiger partial charge on any atom is 0.222 e. The number of nitrogens with one attached hydrogen (secondary N) is 3. The predicted octanol–water partition coefficient (Wildman–Crippen LogP) is 0.757. The van der Waals surface area contributed by atoms with Crippen LogP contribution in [0.3, 0.4) is 0 Å². The second-order valence-corrected chi connectivity index (χ2v) is 5.45. The summed E-state index contributed by atoms with van der Waals surface area (Å²) in [6, 6.07) is 0. The van der Waals surface area contributed by atoms with E-state index in [9.17, 15) is 4.79 Å². The molecule has 0 aromatic heterocycles. The van der Waals surface area contributed by atoms with Crippen LogP contribution in [-0.2, 0) is 14.3 Å². The fourth-order valence-corrected chi connectivity index (χ4v) is 1.60. The van der Waals surface area contributed by atoms with Gasteiger partial charge in [-0.05, 0) is 6.42 Å². The van der Waals surface area contributed by atoms with Crippen LogP contribution in [0, 0.1) is 5.92 Å². The Morgan fingerprint density at radius 3 is 2.17 bits per heavy atom. The molecule has 136 valence electrons. The zero-order chi connectivity index (χ0) is 17.3. The molecule has 0 saturated carbocycles. The van der Waals surface area contributed by atoms with Gasteiger partial charge in [0.15, 0.2) is 5.96 Å². The second kappa shape index (κ2) is 15.6. The van der Waals surface area contributed by atoms with Crippen molar-refractivity contribution < 1.29 is 14.3 Å². The number of carbonyl (C=O) groups is 1. The summed E-state index contributed by atoms with van der Waals surface area (Å²) in [4.78, 5) is 15.5. The van der Waals surface area contributed by atoms with Crippen molar-refractivity contribution in [3.8, 4) is 0 Å². The minimum absolute atomic E-state index is 0.00976. The van der Waals surface area contributed by atoms with Crippen molar-refractivity contribution in [2.75, 3.05) is 53.1 Å². The van der Waals surface area contributed by atoms with Crippen molar-refractivity contribution in [3.63, 3.8) is 0 Å². The van der Waals surface area contributed by atoms with E-state index in [4.69, 9.17) is 9.47 Å². The maximum atomic E-state index is 11.4. The molecule has 0 spiro atoms. The monoisotopic (exact) mass is 330 g/mol. The molecule has 0 rings (SSSR count). The zero-order valence-electron chi connectivity index (χ0n) is 15.1. The highest BCUT2D eigenvalue weighted by atomic mass is 16.5. The lowest BCUT2D eigenvalue weighted by molar-refractivity contribution is -0.123. The van der Waals surface area contributed by atoms with E-state index in [0.29, 0.717) is 45.4 Å². The van der Waals surface area contributed by atoms with Gasteiger partial charge in [0, 0.05) is 39.2 Å². The molecule has 0 heterocycles. The Morgan fingerprint density at radius 1 is 0.957 bits per heavy atom. The molecule has 0 bridgehead atoms. The number of aliphatic imine (C=N–C) groups is 1. The van der Waals surface area contributed by atoms with Crippen molar-refractivity contribution in [2.24, 2.45) is 10.9 Å². The van der Waals surface area contributed by atoms with E-state index in [-0.39, 0.29) is 11.8 Å². The van der Waals surface area contributed by atoms with E-state index in [1.54, 1.807) is 7.05 Å². The third kappa shape index (κ3) is 14.0. The molecule has 0 aromatic carbocycles. The van der Waals surface area contributed by atoms with Crippen molar-refractivity contribution >= 4 is 11.9 Å². The summed E-state index contributed by atoms with van der Waals surface area (Å²) < 4.78 is 10.9. The van der Waals surface area contributed by atoms with E-state index in [2.05, 4.69) is 27.9 Å². The molecule has 0 fully saturated rings. The molecule has 0 radical (unpaired) electrons. The topological polar surface area (TPSA) is 84.0 Å². The number of hydrogen-bond donors (Lipinski definition) is 3. The third-order valence-corrected chi connectivity index (χ3v) is 3.02. The summed E-state index contributed by atoms with van der Waals surface area (Å²) in [5, 5.41) is 9.13. The minimum Gasteiger partial charge on any atom is -0.379 e. The van der Waals surface area contributed by atoms with Gasteiger partial charge in [-0.3, -0.25) is 9.79 Å². The molecular formula is C16H34N4O3. The number of ether oxygens (including phenoxy) is 2. The highest BCUT2D eigenvalue weighted by molar-refractivity contribution is 5.80. The number of guanidine groups is 1.